The predicted molar refractivity (Wildman–Crippen MR) is 106 cm³/mol. The molecule has 0 aliphatic carbocycles. The highest BCUT2D eigenvalue weighted by Crippen LogP contribution is 2.31. The number of sulfone groups is 2. The molecule has 2 atom stereocenters. The summed E-state index contributed by atoms with van der Waals surface area (Å²) in [5.74, 6) is -0.954. The number of hydrogen-bond donors (Lipinski definition) is 0. The molecule has 0 radical (unpaired) electrons. The monoisotopic (exact) mass is 429 g/mol. The van der Waals surface area contributed by atoms with Crippen molar-refractivity contribution in [3.05, 3.63) is 29.8 Å². The van der Waals surface area contributed by atoms with Crippen molar-refractivity contribution in [1.82, 2.24) is 4.90 Å². The Balaban J connectivity index is 1.80. The summed E-state index contributed by atoms with van der Waals surface area (Å²) in [6.45, 7) is 4.94. The summed E-state index contributed by atoms with van der Waals surface area (Å²) in [5, 5.41) is -0.987. The lowest BCUT2D eigenvalue weighted by atomic mass is 9.95. The molecule has 0 unspecified atom stereocenters. The molecule has 28 heavy (non-hydrogen) atoms. The molecule has 0 aromatic heterocycles. The van der Waals surface area contributed by atoms with Crippen molar-refractivity contribution in [3.8, 4) is 0 Å². The molecule has 1 aromatic rings. The summed E-state index contributed by atoms with van der Waals surface area (Å²) in [7, 11) is -7.22. The zero-order valence-corrected chi connectivity index (χ0v) is 17.8. The van der Waals surface area contributed by atoms with Crippen molar-refractivity contribution >= 4 is 25.6 Å². The van der Waals surface area contributed by atoms with E-state index in [1.54, 1.807) is 31.2 Å². The minimum atomic E-state index is -3.78. The number of piperidine rings is 1. The van der Waals surface area contributed by atoms with E-state index in [1.165, 1.54) is 0 Å². The summed E-state index contributed by atoms with van der Waals surface area (Å²) in [5.41, 5.74) is 0.940. The van der Waals surface area contributed by atoms with Gasteiger partial charge in [-0.3, -0.25) is 9.69 Å². The summed E-state index contributed by atoms with van der Waals surface area (Å²) in [4.78, 5) is 14.0. The Morgan fingerprint density at radius 1 is 1.14 bits per heavy atom. The van der Waals surface area contributed by atoms with Crippen LogP contribution in [0.5, 0.6) is 0 Å². The van der Waals surface area contributed by atoms with Crippen LogP contribution in [-0.2, 0) is 29.2 Å². The first-order valence-corrected chi connectivity index (χ1v) is 12.9. The fourth-order valence-electron chi connectivity index (χ4n) is 4.06. The molecule has 0 spiro atoms. The average molecular weight is 430 g/mol. The zero-order chi connectivity index (χ0) is 20.5. The Hall–Kier alpha value is -1.45. The second-order valence-electron chi connectivity index (χ2n) is 7.60. The molecule has 156 valence electrons. The van der Waals surface area contributed by atoms with Crippen molar-refractivity contribution < 1.29 is 26.4 Å². The first kappa shape index (κ1) is 21.3. The van der Waals surface area contributed by atoms with E-state index >= 15 is 0 Å². The fraction of sp³-hybridized carbons (Fsp3) is 0.632. The molecule has 0 bridgehead atoms. The van der Waals surface area contributed by atoms with E-state index in [2.05, 4.69) is 0 Å². The smallest absolute Gasteiger partial charge is 0.309 e. The highest BCUT2D eigenvalue weighted by atomic mass is 32.2. The van der Waals surface area contributed by atoms with Gasteiger partial charge in [0.25, 0.3) is 0 Å². The van der Waals surface area contributed by atoms with E-state index in [-0.39, 0.29) is 28.3 Å². The average Bonchev–Trinajstić information content (AvgIpc) is 2.99. The van der Waals surface area contributed by atoms with E-state index in [9.17, 15) is 21.6 Å². The third-order valence-corrected chi connectivity index (χ3v) is 9.77. The first-order chi connectivity index (χ1) is 13.1. The molecule has 2 aliphatic rings. The highest BCUT2D eigenvalue weighted by Gasteiger charge is 2.48. The van der Waals surface area contributed by atoms with E-state index in [0.29, 0.717) is 32.5 Å². The number of ether oxygens (including phenoxy) is 1. The maximum Gasteiger partial charge on any atom is 0.309 e. The minimum absolute atomic E-state index is 0.159. The number of carbonyl (C=O) groups is 1. The number of nitrogens with zero attached hydrogens (tertiary/aromatic N) is 1. The van der Waals surface area contributed by atoms with Crippen molar-refractivity contribution in [1.29, 1.82) is 0 Å². The van der Waals surface area contributed by atoms with Gasteiger partial charge in [-0.05, 0) is 51.9 Å². The largest absolute Gasteiger partial charge is 0.466 e. The molecule has 2 fully saturated rings. The summed E-state index contributed by atoms with van der Waals surface area (Å²) >= 11 is 0. The van der Waals surface area contributed by atoms with Crippen LogP contribution in [0, 0.1) is 12.8 Å². The molecule has 2 aliphatic heterocycles. The lowest BCUT2D eigenvalue weighted by Gasteiger charge is -2.36. The van der Waals surface area contributed by atoms with Gasteiger partial charge in [-0.25, -0.2) is 16.8 Å². The molecule has 3 rings (SSSR count). The maximum atomic E-state index is 13.2. The van der Waals surface area contributed by atoms with Gasteiger partial charge in [0.1, 0.15) is 0 Å². The van der Waals surface area contributed by atoms with Crippen LogP contribution in [-0.4, -0.2) is 70.2 Å². The Morgan fingerprint density at radius 2 is 1.75 bits per heavy atom. The number of benzene rings is 1. The standard InChI is InChI=1S/C19H27NO6S2/c1-3-26-19(21)15-8-10-20(11-9-15)17-12-27(22,23)13-18(17)28(24,25)16-6-4-14(2)5-7-16/h4-7,15,17-18H,3,8-13H2,1-2H3/t17-,18-/m1/s1. The molecule has 9 heteroatoms. The Bertz CT molecular complexity index is 916. The van der Waals surface area contributed by atoms with Crippen molar-refractivity contribution in [2.24, 2.45) is 5.92 Å². The molecule has 0 amide bonds. The van der Waals surface area contributed by atoms with Gasteiger partial charge < -0.3 is 4.74 Å². The van der Waals surface area contributed by atoms with Gasteiger partial charge in [-0.15, -0.1) is 0 Å². The maximum absolute atomic E-state index is 13.2. The van der Waals surface area contributed by atoms with Crippen LogP contribution < -0.4 is 0 Å². The molecule has 0 N–H and O–H groups in total. The molecular formula is C19H27NO6S2. The van der Waals surface area contributed by atoms with Crippen molar-refractivity contribution in [2.45, 2.75) is 42.9 Å². The topological polar surface area (TPSA) is 97.8 Å². The lowest BCUT2D eigenvalue weighted by molar-refractivity contribution is -0.149. The number of hydrogen-bond acceptors (Lipinski definition) is 7. The summed E-state index contributed by atoms with van der Waals surface area (Å²) < 4.78 is 56.1. The van der Waals surface area contributed by atoms with Gasteiger partial charge in [-0.1, -0.05) is 17.7 Å². The van der Waals surface area contributed by atoms with Crippen LogP contribution in [0.2, 0.25) is 0 Å². The Labute approximate surface area is 166 Å². The zero-order valence-electron chi connectivity index (χ0n) is 16.2. The van der Waals surface area contributed by atoms with E-state index in [4.69, 9.17) is 4.74 Å². The van der Waals surface area contributed by atoms with Crippen LogP contribution in [0.25, 0.3) is 0 Å². The highest BCUT2D eigenvalue weighted by molar-refractivity contribution is 7.96. The van der Waals surface area contributed by atoms with Gasteiger partial charge in [0, 0.05) is 6.04 Å². The van der Waals surface area contributed by atoms with Crippen LogP contribution in [0.3, 0.4) is 0 Å². The quantitative estimate of drug-likeness (QED) is 0.649. The van der Waals surface area contributed by atoms with Gasteiger partial charge in [-0.2, -0.15) is 0 Å². The number of aryl methyl sites for hydroxylation is 1. The van der Waals surface area contributed by atoms with Crippen molar-refractivity contribution in [2.75, 3.05) is 31.2 Å². The fourth-order valence-corrected chi connectivity index (χ4v) is 8.89. The Morgan fingerprint density at radius 3 is 2.32 bits per heavy atom. The second-order valence-corrected chi connectivity index (χ2v) is 11.9. The molecular weight excluding hydrogens is 402 g/mol. The van der Waals surface area contributed by atoms with Gasteiger partial charge in [0.2, 0.25) is 0 Å². The van der Waals surface area contributed by atoms with E-state index in [1.807, 2.05) is 11.8 Å². The van der Waals surface area contributed by atoms with Crippen LogP contribution >= 0.6 is 0 Å². The summed E-state index contributed by atoms with van der Waals surface area (Å²) in [6, 6.07) is 5.94. The van der Waals surface area contributed by atoms with Gasteiger partial charge in [0.15, 0.2) is 19.7 Å². The Kier molecular flexibility index (Phi) is 6.17. The van der Waals surface area contributed by atoms with Gasteiger partial charge >= 0.3 is 5.97 Å². The van der Waals surface area contributed by atoms with Crippen LogP contribution in [0.4, 0.5) is 0 Å². The normalized spacial score (nSPS) is 26.2. The van der Waals surface area contributed by atoms with Crippen LogP contribution in [0.15, 0.2) is 29.2 Å². The third-order valence-electron chi connectivity index (χ3n) is 5.64. The van der Waals surface area contributed by atoms with Crippen LogP contribution in [0.1, 0.15) is 25.3 Å². The molecule has 1 aromatic carbocycles. The number of likely N-dealkylation sites (tertiary alicyclic amines) is 1. The molecule has 2 saturated heterocycles. The van der Waals surface area contributed by atoms with E-state index < -0.39 is 31.0 Å². The van der Waals surface area contributed by atoms with E-state index in [0.717, 1.165) is 5.56 Å². The number of rotatable bonds is 5. The number of esters is 1. The van der Waals surface area contributed by atoms with Gasteiger partial charge in [0.05, 0.1) is 34.2 Å². The number of carbonyl (C=O) groups excluding carboxylic acids is 1. The molecule has 2 heterocycles. The third kappa shape index (κ3) is 4.41. The minimum Gasteiger partial charge on any atom is -0.466 e. The summed E-state index contributed by atoms with van der Waals surface area (Å²) in [6.07, 6.45) is 1.10. The van der Waals surface area contributed by atoms with Crippen molar-refractivity contribution in [3.63, 3.8) is 0 Å². The molecule has 0 saturated carbocycles. The molecule has 7 nitrogen and oxygen atoms in total. The first-order valence-electron chi connectivity index (χ1n) is 9.55. The SMILES string of the molecule is CCOC(=O)C1CCN([C@@H]2CS(=O)(=O)C[C@H]2S(=O)(=O)c2ccc(C)cc2)CC1. The second kappa shape index (κ2) is 8.12. The lowest BCUT2D eigenvalue weighted by Crippen LogP contribution is -2.50. The predicted octanol–water partition coefficient (Wildman–Crippen LogP) is 1.21.